The van der Waals surface area contributed by atoms with Crippen molar-refractivity contribution in [3.8, 4) is 5.75 Å². The van der Waals surface area contributed by atoms with Crippen LogP contribution in [0, 0.1) is 23.2 Å². The molecule has 2 fully saturated rings. The molecule has 192 valence electrons. The van der Waals surface area contributed by atoms with Crippen LogP contribution in [-0.2, 0) is 14.3 Å². The van der Waals surface area contributed by atoms with Gasteiger partial charge in [0.25, 0.3) is 0 Å². The Balaban J connectivity index is 1.48. The maximum Gasteiger partial charge on any atom is 0.231 e. The largest absolute Gasteiger partial charge is 0.487 e. The highest BCUT2D eigenvalue weighted by Crippen LogP contribution is 2.47. The molecule has 1 aromatic rings. The third-order valence-electron chi connectivity index (χ3n) is 8.02. The number of methoxy groups -OCH3 is 1. The van der Waals surface area contributed by atoms with Gasteiger partial charge in [-0.25, -0.2) is 0 Å². The van der Waals surface area contributed by atoms with Crippen LogP contribution in [0.5, 0.6) is 5.75 Å². The van der Waals surface area contributed by atoms with Crippen molar-refractivity contribution in [3.05, 3.63) is 29.8 Å². The minimum absolute atomic E-state index is 0.00255. The van der Waals surface area contributed by atoms with Crippen LogP contribution in [0.2, 0.25) is 0 Å². The number of hydrogen-bond donors (Lipinski definition) is 3. The SMILES string of the molecule is COCCC([C@@H]1C[C@H]1C(=O)N[C@H]1CC(C)(C)Oc2ccccc21)N1C(=N)N[C@](C)(C(C)C)CC1=O. The van der Waals surface area contributed by atoms with E-state index in [9.17, 15) is 9.59 Å². The van der Waals surface area contributed by atoms with Crippen LogP contribution in [-0.4, -0.2) is 53.6 Å². The number of ether oxygens (including phenoxy) is 2. The van der Waals surface area contributed by atoms with Crippen molar-refractivity contribution in [2.24, 2.45) is 17.8 Å². The molecule has 3 aliphatic rings. The van der Waals surface area contributed by atoms with E-state index in [-0.39, 0.29) is 53.2 Å². The third-order valence-corrected chi connectivity index (χ3v) is 8.02. The summed E-state index contributed by atoms with van der Waals surface area (Å²) in [5.41, 5.74) is 0.179. The molecule has 35 heavy (non-hydrogen) atoms. The van der Waals surface area contributed by atoms with Crippen LogP contribution < -0.4 is 15.4 Å². The Morgan fingerprint density at radius 3 is 2.69 bits per heavy atom. The Morgan fingerprint density at radius 1 is 1.31 bits per heavy atom. The maximum absolute atomic E-state index is 13.4. The van der Waals surface area contributed by atoms with Gasteiger partial charge in [0.15, 0.2) is 5.96 Å². The van der Waals surface area contributed by atoms with Gasteiger partial charge in [-0.15, -0.1) is 0 Å². The van der Waals surface area contributed by atoms with Crippen molar-refractivity contribution in [1.82, 2.24) is 15.5 Å². The average molecular weight is 485 g/mol. The minimum atomic E-state index is -0.444. The molecule has 0 aromatic heterocycles. The van der Waals surface area contributed by atoms with Gasteiger partial charge in [-0.1, -0.05) is 32.0 Å². The zero-order chi connectivity index (χ0) is 25.5. The average Bonchev–Trinajstić information content (AvgIpc) is 3.55. The lowest BCUT2D eigenvalue weighted by atomic mass is 9.83. The standard InChI is InChI=1S/C27H40N4O4/c1-16(2)27(5)15-23(32)31(25(28)30-27)21(11-12-34-6)18-13-19(18)24(33)29-20-14-26(3,4)35-22-10-8-7-9-17(20)22/h7-10,16,18-21H,11-15H2,1-6H3,(H2,28,30)(H,29,33)/t18-,19-,20+,21?,27+/m1/s1. The fraction of sp³-hybridized carbons (Fsp3) is 0.667. The lowest BCUT2D eigenvalue weighted by molar-refractivity contribution is -0.134. The number of benzene rings is 1. The highest BCUT2D eigenvalue weighted by Gasteiger charge is 2.53. The monoisotopic (exact) mass is 484 g/mol. The molecular weight excluding hydrogens is 444 g/mol. The summed E-state index contributed by atoms with van der Waals surface area (Å²) in [7, 11) is 1.63. The van der Waals surface area contributed by atoms with Crippen LogP contribution in [0.3, 0.4) is 0 Å². The van der Waals surface area contributed by atoms with E-state index in [0.717, 1.165) is 11.3 Å². The van der Waals surface area contributed by atoms with Gasteiger partial charge in [0, 0.05) is 43.2 Å². The molecule has 0 bridgehead atoms. The Morgan fingerprint density at radius 2 is 2.03 bits per heavy atom. The number of para-hydroxylation sites is 1. The van der Waals surface area contributed by atoms with Gasteiger partial charge >= 0.3 is 0 Å². The number of amides is 2. The first kappa shape index (κ1) is 25.5. The quantitative estimate of drug-likeness (QED) is 0.523. The Kier molecular flexibility index (Phi) is 6.88. The van der Waals surface area contributed by atoms with Gasteiger partial charge in [-0.3, -0.25) is 19.9 Å². The highest BCUT2D eigenvalue weighted by molar-refractivity contribution is 5.99. The second-order valence-electron chi connectivity index (χ2n) is 11.5. The van der Waals surface area contributed by atoms with E-state index >= 15 is 0 Å². The first-order valence-corrected chi connectivity index (χ1v) is 12.7. The molecule has 5 atom stereocenters. The summed E-state index contributed by atoms with van der Waals surface area (Å²) in [4.78, 5) is 28.2. The summed E-state index contributed by atoms with van der Waals surface area (Å²) in [6.07, 6.45) is 2.31. The van der Waals surface area contributed by atoms with Crippen LogP contribution >= 0.6 is 0 Å². The van der Waals surface area contributed by atoms with Gasteiger partial charge in [-0.2, -0.15) is 0 Å². The number of fused-ring (bicyclic) bond motifs is 1. The molecule has 2 heterocycles. The molecule has 2 amide bonds. The molecule has 8 nitrogen and oxygen atoms in total. The summed E-state index contributed by atoms with van der Waals surface area (Å²) in [6, 6.07) is 7.50. The molecule has 4 rings (SSSR count). The summed E-state index contributed by atoms with van der Waals surface area (Å²) >= 11 is 0. The van der Waals surface area contributed by atoms with Crippen molar-refractivity contribution >= 4 is 17.8 Å². The van der Waals surface area contributed by atoms with E-state index in [2.05, 4.69) is 24.5 Å². The lowest BCUT2D eigenvalue weighted by Gasteiger charge is -2.46. The fourth-order valence-electron chi connectivity index (χ4n) is 5.52. The predicted octanol–water partition coefficient (Wildman–Crippen LogP) is 3.62. The molecule has 1 saturated heterocycles. The van der Waals surface area contributed by atoms with Crippen LogP contribution in [0.15, 0.2) is 24.3 Å². The van der Waals surface area contributed by atoms with Crippen LogP contribution in [0.4, 0.5) is 0 Å². The summed E-state index contributed by atoms with van der Waals surface area (Å²) in [5, 5.41) is 15.2. The van der Waals surface area contributed by atoms with Crippen LogP contribution in [0.25, 0.3) is 0 Å². The van der Waals surface area contributed by atoms with E-state index in [4.69, 9.17) is 14.9 Å². The van der Waals surface area contributed by atoms with Crippen molar-refractivity contribution in [1.29, 1.82) is 5.41 Å². The molecule has 0 radical (unpaired) electrons. The molecule has 2 aliphatic heterocycles. The molecule has 0 spiro atoms. The molecule has 8 heteroatoms. The zero-order valence-electron chi connectivity index (χ0n) is 21.8. The number of carbonyl (C=O) groups is 2. The molecule has 3 N–H and O–H groups in total. The van der Waals surface area contributed by atoms with Crippen molar-refractivity contribution < 1.29 is 19.1 Å². The van der Waals surface area contributed by atoms with E-state index in [1.807, 2.05) is 45.0 Å². The van der Waals surface area contributed by atoms with Gasteiger partial charge in [0.05, 0.1) is 12.5 Å². The van der Waals surface area contributed by atoms with Gasteiger partial charge < -0.3 is 20.1 Å². The summed E-state index contributed by atoms with van der Waals surface area (Å²) < 4.78 is 11.4. The minimum Gasteiger partial charge on any atom is -0.487 e. The number of nitrogens with zero attached hydrogens (tertiary/aromatic N) is 1. The zero-order valence-corrected chi connectivity index (χ0v) is 21.8. The van der Waals surface area contributed by atoms with E-state index in [0.29, 0.717) is 32.3 Å². The number of nitrogens with one attached hydrogen (secondary N) is 3. The number of carbonyl (C=O) groups excluding carboxylic acids is 2. The van der Waals surface area contributed by atoms with E-state index in [1.54, 1.807) is 12.0 Å². The first-order chi connectivity index (χ1) is 16.5. The maximum atomic E-state index is 13.4. The van der Waals surface area contributed by atoms with Crippen molar-refractivity contribution in [2.75, 3.05) is 13.7 Å². The highest BCUT2D eigenvalue weighted by atomic mass is 16.5. The van der Waals surface area contributed by atoms with Crippen molar-refractivity contribution in [2.45, 2.75) is 83.5 Å². The molecule has 1 saturated carbocycles. The Labute approximate surface area is 208 Å². The predicted molar refractivity (Wildman–Crippen MR) is 134 cm³/mol. The normalized spacial score (nSPS) is 30.3. The van der Waals surface area contributed by atoms with Gasteiger partial charge in [-0.05, 0) is 51.5 Å². The second-order valence-corrected chi connectivity index (χ2v) is 11.5. The smallest absolute Gasteiger partial charge is 0.231 e. The van der Waals surface area contributed by atoms with Gasteiger partial charge in [0.1, 0.15) is 11.4 Å². The first-order valence-electron chi connectivity index (χ1n) is 12.7. The molecule has 1 unspecified atom stereocenters. The number of hydrogen-bond acceptors (Lipinski definition) is 5. The number of rotatable bonds is 8. The lowest BCUT2D eigenvalue weighted by Crippen LogP contribution is -2.65. The van der Waals surface area contributed by atoms with Crippen molar-refractivity contribution in [3.63, 3.8) is 0 Å². The van der Waals surface area contributed by atoms with E-state index < -0.39 is 5.54 Å². The van der Waals surface area contributed by atoms with Crippen LogP contribution in [0.1, 0.15) is 71.9 Å². The molecular formula is C27H40N4O4. The topological polar surface area (TPSA) is 104 Å². The summed E-state index contributed by atoms with van der Waals surface area (Å²) in [6.45, 7) is 10.6. The Hall–Kier alpha value is -2.61. The summed E-state index contributed by atoms with van der Waals surface area (Å²) in [5.74, 6) is 0.910. The second kappa shape index (κ2) is 9.45. The third kappa shape index (κ3) is 5.17. The fourth-order valence-corrected chi connectivity index (χ4v) is 5.52. The Bertz CT molecular complexity index is 973. The van der Waals surface area contributed by atoms with E-state index in [1.165, 1.54) is 0 Å². The molecule has 1 aromatic carbocycles. The molecule has 1 aliphatic carbocycles. The number of guanidine groups is 1. The van der Waals surface area contributed by atoms with Gasteiger partial charge in [0.2, 0.25) is 11.8 Å².